The molecule has 0 saturated heterocycles. The van der Waals surface area contributed by atoms with E-state index in [-0.39, 0.29) is 0 Å². The molecule has 6 nitrogen and oxygen atoms in total. The molecule has 0 aromatic carbocycles. The highest BCUT2D eigenvalue weighted by Crippen LogP contribution is 2.30. The van der Waals surface area contributed by atoms with Gasteiger partial charge in [0.1, 0.15) is 12.2 Å². The Bertz CT molecular complexity index is 579. The molecule has 2 aromatic heterocycles. The van der Waals surface area contributed by atoms with E-state index in [9.17, 15) is 0 Å². The van der Waals surface area contributed by atoms with Crippen LogP contribution in [0.1, 0.15) is 49.7 Å². The van der Waals surface area contributed by atoms with Crippen LogP contribution in [-0.4, -0.2) is 30.9 Å². The van der Waals surface area contributed by atoms with Crippen molar-refractivity contribution in [1.82, 2.24) is 24.3 Å². The van der Waals surface area contributed by atoms with Gasteiger partial charge in [0.2, 0.25) is 5.95 Å². The number of hydrogen-bond donors (Lipinski definition) is 1. The van der Waals surface area contributed by atoms with Gasteiger partial charge < -0.3 is 14.5 Å². The van der Waals surface area contributed by atoms with Gasteiger partial charge >= 0.3 is 0 Å². The lowest BCUT2D eigenvalue weighted by Gasteiger charge is -2.24. The molecule has 21 heavy (non-hydrogen) atoms. The number of aromatic nitrogens is 5. The Morgan fingerprint density at radius 1 is 1.29 bits per heavy atom. The van der Waals surface area contributed by atoms with Crippen LogP contribution in [-0.2, 0) is 13.5 Å². The Morgan fingerprint density at radius 3 is 2.81 bits per heavy atom. The highest BCUT2D eigenvalue weighted by molar-refractivity contribution is 5.29. The van der Waals surface area contributed by atoms with E-state index in [0.29, 0.717) is 6.04 Å². The predicted octanol–water partition coefficient (Wildman–Crippen LogP) is 2.48. The molecular weight excluding hydrogens is 264 g/mol. The molecule has 0 aliphatic heterocycles. The van der Waals surface area contributed by atoms with Crippen molar-refractivity contribution in [3.05, 3.63) is 24.0 Å². The molecule has 1 aliphatic carbocycles. The maximum absolute atomic E-state index is 4.64. The number of anilines is 1. The van der Waals surface area contributed by atoms with Crippen LogP contribution in [0.3, 0.4) is 0 Å². The summed E-state index contributed by atoms with van der Waals surface area (Å²) in [5.41, 5.74) is 1.08. The maximum atomic E-state index is 4.64. The average molecular weight is 288 g/mol. The fourth-order valence-corrected chi connectivity index (χ4v) is 3.10. The van der Waals surface area contributed by atoms with E-state index in [1.165, 1.54) is 32.1 Å². The summed E-state index contributed by atoms with van der Waals surface area (Å²) in [4.78, 5) is 4.64. The average Bonchev–Trinajstić information content (AvgIpc) is 3.06. The van der Waals surface area contributed by atoms with Gasteiger partial charge in [0.15, 0.2) is 0 Å². The van der Waals surface area contributed by atoms with E-state index >= 15 is 0 Å². The van der Waals surface area contributed by atoms with Crippen LogP contribution >= 0.6 is 0 Å². The van der Waals surface area contributed by atoms with Gasteiger partial charge in [-0.15, -0.1) is 10.2 Å². The highest BCUT2D eigenvalue weighted by Gasteiger charge is 2.18. The molecule has 1 N–H and O–H groups in total. The molecule has 2 aromatic rings. The fraction of sp³-hybridized carbons (Fsp3) is 0.667. The van der Waals surface area contributed by atoms with Crippen LogP contribution in [0.4, 0.5) is 5.95 Å². The Kier molecular flexibility index (Phi) is 4.22. The predicted molar refractivity (Wildman–Crippen MR) is 82.3 cm³/mol. The summed E-state index contributed by atoms with van der Waals surface area (Å²) in [6.45, 7) is 2.89. The monoisotopic (exact) mass is 288 g/mol. The molecule has 1 saturated carbocycles. The summed E-state index contributed by atoms with van der Waals surface area (Å²) < 4.78 is 4.30. The zero-order chi connectivity index (χ0) is 14.7. The van der Waals surface area contributed by atoms with Gasteiger partial charge in [0.25, 0.3) is 0 Å². The highest BCUT2D eigenvalue weighted by atomic mass is 15.3. The van der Waals surface area contributed by atoms with Crippen molar-refractivity contribution in [3.63, 3.8) is 0 Å². The van der Waals surface area contributed by atoms with Gasteiger partial charge in [-0.1, -0.05) is 19.3 Å². The van der Waals surface area contributed by atoms with Gasteiger partial charge in [0.05, 0.1) is 5.69 Å². The SMILES string of the molecule is Cc1cn(C2CCCCC2)c(NCCc2nncn2C)n1. The minimum Gasteiger partial charge on any atom is -0.355 e. The first-order valence-electron chi connectivity index (χ1n) is 7.86. The lowest BCUT2D eigenvalue weighted by atomic mass is 9.95. The molecule has 6 heteroatoms. The minimum atomic E-state index is 0.609. The summed E-state index contributed by atoms with van der Waals surface area (Å²) in [5, 5.41) is 11.5. The summed E-state index contributed by atoms with van der Waals surface area (Å²) in [7, 11) is 1.97. The van der Waals surface area contributed by atoms with E-state index in [1.54, 1.807) is 6.33 Å². The second-order valence-corrected chi connectivity index (χ2v) is 5.94. The van der Waals surface area contributed by atoms with E-state index in [4.69, 9.17) is 0 Å². The normalized spacial score (nSPS) is 16.3. The van der Waals surface area contributed by atoms with Crippen LogP contribution in [0.15, 0.2) is 12.5 Å². The third-order valence-electron chi connectivity index (χ3n) is 4.26. The first-order chi connectivity index (χ1) is 10.2. The number of rotatable bonds is 5. The molecule has 0 spiro atoms. The van der Waals surface area contributed by atoms with Crippen LogP contribution in [0.5, 0.6) is 0 Å². The minimum absolute atomic E-state index is 0.609. The molecule has 114 valence electrons. The first kappa shape index (κ1) is 14.1. The lowest BCUT2D eigenvalue weighted by molar-refractivity contribution is 0.355. The number of hydrogen-bond acceptors (Lipinski definition) is 4. The van der Waals surface area contributed by atoms with Crippen LogP contribution in [0, 0.1) is 6.92 Å². The summed E-state index contributed by atoms with van der Waals surface area (Å²) in [6, 6.07) is 0.609. The fourth-order valence-electron chi connectivity index (χ4n) is 3.10. The quantitative estimate of drug-likeness (QED) is 0.918. The molecule has 1 aliphatic rings. The molecule has 0 unspecified atom stereocenters. The smallest absolute Gasteiger partial charge is 0.203 e. The van der Waals surface area contributed by atoms with Crippen molar-refractivity contribution in [1.29, 1.82) is 0 Å². The Labute approximate surface area is 125 Å². The van der Waals surface area contributed by atoms with Crippen molar-refractivity contribution in [2.24, 2.45) is 7.05 Å². The Morgan fingerprint density at radius 2 is 2.10 bits per heavy atom. The third kappa shape index (κ3) is 3.25. The zero-order valence-electron chi connectivity index (χ0n) is 12.9. The first-order valence-corrected chi connectivity index (χ1v) is 7.86. The lowest BCUT2D eigenvalue weighted by Crippen LogP contribution is -2.17. The van der Waals surface area contributed by atoms with Crippen molar-refractivity contribution in [2.45, 2.75) is 51.5 Å². The maximum Gasteiger partial charge on any atom is 0.203 e. The number of imidazole rings is 1. The second kappa shape index (κ2) is 6.28. The summed E-state index contributed by atoms with van der Waals surface area (Å²) in [6.07, 6.45) is 11.4. The molecule has 1 fully saturated rings. The van der Waals surface area contributed by atoms with Gasteiger partial charge in [-0.2, -0.15) is 0 Å². The van der Waals surface area contributed by atoms with Crippen molar-refractivity contribution >= 4 is 5.95 Å². The van der Waals surface area contributed by atoms with Crippen LogP contribution in [0.25, 0.3) is 0 Å². The summed E-state index contributed by atoms with van der Waals surface area (Å²) >= 11 is 0. The van der Waals surface area contributed by atoms with Gasteiger partial charge in [-0.05, 0) is 19.8 Å². The van der Waals surface area contributed by atoms with Gasteiger partial charge in [-0.25, -0.2) is 4.98 Å². The molecule has 0 amide bonds. The largest absolute Gasteiger partial charge is 0.355 e. The van der Waals surface area contributed by atoms with Crippen molar-refractivity contribution < 1.29 is 0 Å². The van der Waals surface area contributed by atoms with Crippen LogP contribution < -0.4 is 5.32 Å². The summed E-state index contributed by atoms with van der Waals surface area (Å²) in [5.74, 6) is 2.00. The molecule has 2 heterocycles. The second-order valence-electron chi connectivity index (χ2n) is 5.94. The van der Waals surface area contributed by atoms with Crippen LogP contribution in [0.2, 0.25) is 0 Å². The van der Waals surface area contributed by atoms with E-state index in [2.05, 4.69) is 38.2 Å². The van der Waals surface area contributed by atoms with Crippen molar-refractivity contribution in [3.8, 4) is 0 Å². The third-order valence-corrected chi connectivity index (χ3v) is 4.26. The van der Waals surface area contributed by atoms with Crippen molar-refractivity contribution in [2.75, 3.05) is 11.9 Å². The topological polar surface area (TPSA) is 60.6 Å². The molecule has 3 rings (SSSR count). The van der Waals surface area contributed by atoms with E-state index < -0.39 is 0 Å². The molecule has 0 atom stereocenters. The van der Waals surface area contributed by atoms with E-state index in [1.807, 2.05) is 11.6 Å². The van der Waals surface area contributed by atoms with E-state index in [0.717, 1.165) is 30.4 Å². The van der Waals surface area contributed by atoms with Gasteiger partial charge in [-0.3, -0.25) is 0 Å². The molecule has 0 radical (unpaired) electrons. The molecule has 0 bridgehead atoms. The Hall–Kier alpha value is -1.85. The Balaban J connectivity index is 1.63. The number of nitrogens with one attached hydrogen (secondary N) is 1. The number of aryl methyl sites for hydroxylation is 2. The molecular formula is C15H24N6. The van der Waals surface area contributed by atoms with Gasteiger partial charge in [0, 0.05) is 32.3 Å². The number of nitrogens with zero attached hydrogens (tertiary/aromatic N) is 5. The standard InChI is InChI=1S/C15H24N6/c1-12-10-21(13-6-4-3-5-7-13)15(18-12)16-9-8-14-19-17-11-20(14)2/h10-11,13H,3-9H2,1-2H3,(H,16,18). The zero-order valence-corrected chi connectivity index (χ0v) is 12.9.